The summed E-state index contributed by atoms with van der Waals surface area (Å²) in [5, 5.41) is 2.78. The Hall–Kier alpha value is -3.26. The third-order valence-corrected chi connectivity index (χ3v) is 5.51. The fourth-order valence-electron chi connectivity index (χ4n) is 3.39. The molecule has 2 amide bonds. The van der Waals surface area contributed by atoms with Crippen LogP contribution in [-0.2, 0) is 11.2 Å². The van der Waals surface area contributed by atoms with Gasteiger partial charge in [-0.3, -0.25) is 9.59 Å². The van der Waals surface area contributed by atoms with E-state index in [9.17, 15) is 9.59 Å². The summed E-state index contributed by atoms with van der Waals surface area (Å²) in [6, 6.07) is 16.4. The molecule has 0 bridgehead atoms. The molecule has 0 aliphatic carbocycles. The molecule has 1 aromatic heterocycles. The SMILES string of the molecule is CCc1ccc(OCCCN2C(=O)COc3ccc(NC(=O)c4ccc(Br)o4)cc32)cc1. The molecule has 1 N–H and O–H groups in total. The molecule has 3 aromatic rings. The summed E-state index contributed by atoms with van der Waals surface area (Å²) in [7, 11) is 0. The van der Waals surface area contributed by atoms with E-state index in [2.05, 4.69) is 28.2 Å². The molecular formula is C24H23BrN2O5. The van der Waals surface area contributed by atoms with Crippen molar-refractivity contribution in [1.29, 1.82) is 0 Å². The summed E-state index contributed by atoms with van der Waals surface area (Å²) in [5.74, 6) is 1.07. The molecule has 4 rings (SSSR count). The van der Waals surface area contributed by atoms with E-state index < -0.39 is 0 Å². The van der Waals surface area contributed by atoms with Gasteiger partial charge in [0.05, 0.1) is 12.3 Å². The van der Waals surface area contributed by atoms with Crippen molar-refractivity contribution in [2.24, 2.45) is 0 Å². The zero-order valence-electron chi connectivity index (χ0n) is 17.6. The predicted molar refractivity (Wildman–Crippen MR) is 125 cm³/mol. The van der Waals surface area contributed by atoms with Crippen LogP contribution in [0.4, 0.5) is 11.4 Å². The Balaban J connectivity index is 1.39. The van der Waals surface area contributed by atoms with E-state index in [1.807, 2.05) is 24.3 Å². The van der Waals surface area contributed by atoms with E-state index in [0.717, 1.165) is 12.2 Å². The van der Waals surface area contributed by atoms with E-state index in [0.29, 0.717) is 41.4 Å². The molecule has 0 spiro atoms. The number of halogens is 1. The second kappa shape index (κ2) is 9.91. The van der Waals surface area contributed by atoms with Gasteiger partial charge in [0, 0.05) is 12.2 Å². The lowest BCUT2D eigenvalue weighted by atomic mass is 10.2. The van der Waals surface area contributed by atoms with Gasteiger partial charge in [0.2, 0.25) is 0 Å². The smallest absolute Gasteiger partial charge is 0.291 e. The van der Waals surface area contributed by atoms with Crippen molar-refractivity contribution >= 4 is 39.1 Å². The zero-order chi connectivity index (χ0) is 22.5. The van der Waals surface area contributed by atoms with Crippen molar-refractivity contribution in [2.45, 2.75) is 19.8 Å². The number of furan rings is 1. The zero-order valence-corrected chi connectivity index (χ0v) is 19.2. The molecule has 32 heavy (non-hydrogen) atoms. The molecule has 1 aliphatic heterocycles. The fourth-order valence-corrected chi connectivity index (χ4v) is 3.69. The summed E-state index contributed by atoms with van der Waals surface area (Å²) >= 11 is 3.18. The highest BCUT2D eigenvalue weighted by atomic mass is 79.9. The number of amides is 2. The summed E-state index contributed by atoms with van der Waals surface area (Å²) in [5.41, 5.74) is 2.42. The van der Waals surface area contributed by atoms with Gasteiger partial charge in [0.25, 0.3) is 11.8 Å². The summed E-state index contributed by atoms with van der Waals surface area (Å²) in [6.07, 6.45) is 1.64. The molecular weight excluding hydrogens is 476 g/mol. The van der Waals surface area contributed by atoms with Crippen LogP contribution in [0.5, 0.6) is 11.5 Å². The van der Waals surface area contributed by atoms with Crippen LogP contribution in [0.2, 0.25) is 0 Å². The maximum Gasteiger partial charge on any atom is 0.291 e. The number of carbonyl (C=O) groups excluding carboxylic acids is 2. The van der Waals surface area contributed by atoms with Crippen LogP contribution in [0.3, 0.4) is 0 Å². The van der Waals surface area contributed by atoms with Gasteiger partial charge in [-0.1, -0.05) is 19.1 Å². The van der Waals surface area contributed by atoms with Gasteiger partial charge in [-0.2, -0.15) is 0 Å². The van der Waals surface area contributed by atoms with E-state index in [1.165, 1.54) is 5.56 Å². The van der Waals surface area contributed by atoms with Crippen LogP contribution < -0.4 is 19.7 Å². The number of rotatable bonds is 8. The number of fused-ring (bicyclic) bond motifs is 1. The first-order valence-corrected chi connectivity index (χ1v) is 11.2. The Kier molecular flexibility index (Phi) is 6.80. The Morgan fingerprint density at radius 2 is 1.97 bits per heavy atom. The molecule has 0 radical (unpaired) electrons. The molecule has 0 unspecified atom stereocenters. The van der Waals surface area contributed by atoms with E-state index >= 15 is 0 Å². The van der Waals surface area contributed by atoms with Gasteiger partial charge >= 0.3 is 0 Å². The lowest BCUT2D eigenvalue weighted by molar-refractivity contribution is -0.121. The third kappa shape index (κ3) is 5.13. The average Bonchev–Trinajstić information content (AvgIpc) is 3.25. The number of ether oxygens (including phenoxy) is 2. The van der Waals surface area contributed by atoms with Crippen molar-refractivity contribution in [1.82, 2.24) is 0 Å². The fraction of sp³-hybridized carbons (Fsp3) is 0.250. The molecule has 0 saturated carbocycles. The van der Waals surface area contributed by atoms with Gasteiger partial charge in [0.15, 0.2) is 17.0 Å². The molecule has 2 heterocycles. The molecule has 1 aliphatic rings. The first kappa shape index (κ1) is 22.0. The number of hydrogen-bond acceptors (Lipinski definition) is 5. The standard InChI is InChI=1S/C24H23BrN2O5/c1-2-16-4-7-18(8-5-16)30-13-3-12-27-19-14-17(6-9-20(19)31-15-23(27)28)26-24(29)21-10-11-22(25)32-21/h4-11,14H,2-3,12-13,15H2,1H3,(H,26,29). The van der Waals surface area contributed by atoms with Crippen LogP contribution in [0.25, 0.3) is 0 Å². The van der Waals surface area contributed by atoms with Crippen molar-refractivity contribution in [3.05, 3.63) is 70.6 Å². The molecule has 7 nitrogen and oxygen atoms in total. The minimum Gasteiger partial charge on any atom is -0.494 e. The van der Waals surface area contributed by atoms with Gasteiger partial charge in [0.1, 0.15) is 11.5 Å². The van der Waals surface area contributed by atoms with Crippen molar-refractivity contribution in [3.63, 3.8) is 0 Å². The Morgan fingerprint density at radius 3 is 2.69 bits per heavy atom. The highest BCUT2D eigenvalue weighted by molar-refractivity contribution is 9.10. The molecule has 166 valence electrons. The Morgan fingerprint density at radius 1 is 1.16 bits per heavy atom. The number of aryl methyl sites for hydroxylation is 1. The summed E-state index contributed by atoms with van der Waals surface area (Å²) < 4.78 is 17.1. The maximum absolute atomic E-state index is 12.5. The topological polar surface area (TPSA) is 81.0 Å². The van der Waals surface area contributed by atoms with E-state index in [1.54, 1.807) is 35.2 Å². The molecule has 8 heteroatoms. The minimum absolute atomic E-state index is 0.0154. The van der Waals surface area contributed by atoms with Crippen molar-refractivity contribution in [3.8, 4) is 11.5 Å². The number of benzene rings is 2. The second-order valence-electron chi connectivity index (χ2n) is 7.27. The van der Waals surface area contributed by atoms with E-state index in [4.69, 9.17) is 13.9 Å². The van der Waals surface area contributed by atoms with Crippen molar-refractivity contribution < 1.29 is 23.5 Å². The second-order valence-corrected chi connectivity index (χ2v) is 8.06. The minimum atomic E-state index is -0.382. The quantitative estimate of drug-likeness (QED) is 0.439. The van der Waals surface area contributed by atoms with Gasteiger partial charge < -0.3 is 24.1 Å². The first-order valence-electron chi connectivity index (χ1n) is 10.4. The number of carbonyl (C=O) groups is 2. The molecule has 0 atom stereocenters. The summed E-state index contributed by atoms with van der Waals surface area (Å²) in [6.45, 7) is 3.05. The predicted octanol–water partition coefficient (Wildman–Crippen LogP) is 5.05. The first-order chi connectivity index (χ1) is 15.5. The lowest BCUT2D eigenvalue weighted by Crippen LogP contribution is -2.39. The highest BCUT2D eigenvalue weighted by Crippen LogP contribution is 2.35. The van der Waals surface area contributed by atoms with Crippen molar-refractivity contribution in [2.75, 3.05) is 30.0 Å². The number of nitrogens with one attached hydrogen (secondary N) is 1. The van der Waals surface area contributed by atoms with Crippen LogP contribution >= 0.6 is 15.9 Å². The molecule has 2 aromatic carbocycles. The summed E-state index contributed by atoms with van der Waals surface area (Å²) in [4.78, 5) is 26.5. The van der Waals surface area contributed by atoms with Crippen LogP contribution in [0.15, 0.2) is 63.7 Å². The van der Waals surface area contributed by atoms with Crippen LogP contribution in [0, 0.1) is 0 Å². The number of nitrogens with zero attached hydrogens (tertiary/aromatic N) is 1. The van der Waals surface area contributed by atoms with E-state index in [-0.39, 0.29) is 24.2 Å². The Bertz CT molecular complexity index is 1110. The van der Waals surface area contributed by atoms with Gasteiger partial charge in [-0.05, 0) is 76.8 Å². The van der Waals surface area contributed by atoms with Gasteiger partial charge in [-0.25, -0.2) is 0 Å². The highest BCUT2D eigenvalue weighted by Gasteiger charge is 2.26. The van der Waals surface area contributed by atoms with Crippen LogP contribution in [0.1, 0.15) is 29.5 Å². The average molecular weight is 499 g/mol. The lowest BCUT2D eigenvalue weighted by Gasteiger charge is -2.29. The number of hydrogen-bond donors (Lipinski definition) is 1. The normalized spacial score (nSPS) is 12.8. The maximum atomic E-state index is 12.5. The monoisotopic (exact) mass is 498 g/mol. The largest absolute Gasteiger partial charge is 0.494 e. The Labute approximate surface area is 194 Å². The molecule has 0 saturated heterocycles. The number of anilines is 2. The van der Waals surface area contributed by atoms with Crippen LogP contribution in [-0.4, -0.2) is 31.6 Å². The van der Waals surface area contributed by atoms with Gasteiger partial charge in [-0.15, -0.1) is 0 Å². The third-order valence-electron chi connectivity index (χ3n) is 5.08. The molecule has 0 fully saturated rings.